The minimum absolute atomic E-state index is 0.541. The lowest BCUT2D eigenvalue weighted by Gasteiger charge is -2.03. The number of benzene rings is 1. The normalized spacial score (nSPS) is 22.7. The smallest absolute Gasteiger partial charge is 0.0845 e. The molecule has 1 nitrogen and oxygen atoms in total. The lowest BCUT2D eigenvalue weighted by molar-refractivity contribution is 0.360. The number of unbranched alkanes of at least 4 members (excludes halogenated alkanes) is 1. The van der Waals surface area contributed by atoms with E-state index in [1.54, 1.807) is 0 Å². The summed E-state index contributed by atoms with van der Waals surface area (Å²) in [6, 6.07) is 9.15. The fourth-order valence-corrected chi connectivity index (χ4v) is 2.35. The fraction of sp³-hybridized carbons (Fsp3) is 0.625. The minimum Gasteiger partial charge on any atom is -0.370 e. The van der Waals surface area contributed by atoms with Gasteiger partial charge in [-0.25, -0.2) is 0 Å². The summed E-state index contributed by atoms with van der Waals surface area (Å²) in [6.45, 7) is 4.45. The van der Waals surface area contributed by atoms with Crippen molar-refractivity contribution in [2.45, 2.75) is 64.6 Å². The number of epoxide rings is 1. The Bertz CT molecular complexity index is 328. The Kier molecular flexibility index (Phi) is 4.61. The van der Waals surface area contributed by atoms with Crippen LogP contribution in [-0.4, -0.2) is 12.2 Å². The summed E-state index contributed by atoms with van der Waals surface area (Å²) >= 11 is 0. The van der Waals surface area contributed by atoms with Gasteiger partial charge in [-0.15, -0.1) is 0 Å². The lowest BCUT2D eigenvalue weighted by Crippen LogP contribution is -1.96. The number of ether oxygens (including phenoxy) is 1. The van der Waals surface area contributed by atoms with E-state index in [1.807, 2.05) is 0 Å². The van der Waals surface area contributed by atoms with Crippen molar-refractivity contribution in [1.82, 2.24) is 0 Å². The van der Waals surface area contributed by atoms with Gasteiger partial charge < -0.3 is 4.74 Å². The topological polar surface area (TPSA) is 12.5 Å². The second kappa shape index (κ2) is 6.20. The molecule has 0 spiro atoms. The maximum Gasteiger partial charge on any atom is 0.0845 e. The average Bonchev–Trinajstić information content (AvgIpc) is 3.14. The van der Waals surface area contributed by atoms with Gasteiger partial charge in [-0.05, 0) is 43.2 Å². The second-order valence-corrected chi connectivity index (χ2v) is 5.08. The molecule has 17 heavy (non-hydrogen) atoms. The second-order valence-electron chi connectivity index (χ2n) is 5.08. The first-order chi connectivity index (χ1) is 8.33. The summed E-state index contributed by atoms with van der Waals surface area (Å²) in [4.78, 5) is 0. The van der Waals surface area contributed by atoms with Crippen LogP contribution in [0.25, 0.3) is 0 Å². The van der Waals surface area contributed by atoms with Gasteiger partial charge in [0.2, 0.25) is 0 Å². The van der Waals surface area contributed by atoms with E-state index < -0.39 is 0 Å². The molecule has 2 unspecified atom stereocenters. The van der Waals surface area contributed by atoms with Gasteiger partial charge in [0.25, 0.3) is 0 Å². The molecule has 1 heterocycles. The molecule has 0 aliphatic carbocycles. The molecule has 1 aliphatic heterocycles. The van der Waals surface area contributed by atoms with E-state index >= 15 is 0 Å². The summed E-state index contributed by atoms with van der Waals surface area (Å²) in [5, 5.41) is 0. The Morgan fingerprint density at radius 3 is 2.12 bits per heavy atom. The van der Waals surface area contributed by atoms with Crippen molar-refractivity contribution >= 4 is 0 Å². The molecule has 2 atom stereocenters. The first-order valence-corrected chi connectivity index (χ1v) is 7.06. The Hall–Kier alpha value is -0.820. The molecule has 1 aliphatic rings. The standard InChI is InChI=1S/C16H24O/c1-3-5-6-13-7-9-14(10-8-13)11-12-16-15(4-2)17-16/h7-10,15-16H,3-6,11-12H2,1-2H3. The fourth-order valence-electron chi connectivity index (χ4n) is 2.35. The Balaban J connectivity index is 1.74. The molecule has 0 N–H and O–H groups in total. The largest absolute Gasteiger partial charge is 0.370 e. The van der Waals surface area contributed by atoms with Gasteiger partial charge in [0, 0.05) is 0 Å². The van der Waals surface area contributed by atoms with Gasteiger partial charge in [0.1, 0.15) is 0 Å². The van der Waals surface area contributed by atoms with Crippen LogP contribution in [0.15, 0.2) is 24.3 Å². The minimum atomic E-state index is 0.541. The Morgan fingerprint density at radius 2 is 1.59 bits per heavy atom. The Morgan fingerprint density at radius 1 is 0.941 bits per heavy atom. The zero-order valence-electron chi connectivity index (χ0n) is 11.1. The van der Waals surface area contributed by atoms with E-state index in [1.165, 1.54) is 43.2 Å². The van der Waals surface area contributed by atoms with Gasteiger partial charge in [-0.3, -0.25) is 0 Å². The van der Waals surface area contributed by atoms with Crippen molar-refractivity contribution in [2.24, 2.45) is 0 Å². The molecule has 0 bridgehead atoms. The summed E-state index contributed by atoms with van der Waals surface area (Å²) in [7, 11) is 0. The molecule has 2 rings (SSSR count). The van der Waals surface area contributed by atoms with E-state index in [-0.39, 0.29) is 0 Å². The van der Waals surface area contributed by atoms with Crippen LogP contribution in [0, 0.1) is 0 Å². The number of hydrogen-bond acceptors (Lipinski definition) is 1. The average molecular weight is 232 g/mol. The molecule has 0 aromatic heterocycles. The van der Waals surface area contributed by atoms with Gasteiger partial charge in [0.15, 0.2) is 0 Å². The quantitative estimate of drug-likeness (QED) is 0.644. The van der Waals surface area contributed by atoms with Crippen LogP contribution in [0.2, 0.25) is 0 Å². The molecule has 94 valence electrons. The van der Waals surface area contributed by atoms with Gasteiger partial charge in [0.05, 0.1) is 12.2 Å². The molecule has 1 aromatic rings. The van der Waals surface area contributed by atoms with Crippen LogP contribution in [0.3, 0.4) is 0 Å². The predicted octanol–water partition coefficient (Wildman–Crippen LogP) is 4.14. The van der Waals surface area contributed by atoms with E-state index in [9.17, 15) is 0 Å². The maximum atomic E-state index is 5.56. The van der Waals surface area contributed by atoms with Crippen molar-refractivity contribution in [3.8, 4) is 0 Å². The number of aryl methyl sites for hydroxylation is 2. The van der Waals surface area contributed by atoms with Gasteiger partial charge in [-0.2, -0.15) is 0 Å². The highest BCUT2D eigenvalue weighted by Gasteiger charge is 2.35. The third kappa shape index (κ3) is 3.85. The van der Waals surface area contributed by atoms with E-state index in [0.29, 0.717) is 12.2 Å². The van der Waals surface area contributed by atoms with Crippen LogP contribution in [0.5, 0.6) is 0 Å². The molecule has 0 amide bonds. The van der Waals surface area contributed by atoms with Crippen LogP contribution in [-0.2, 0) is 17.6 Å². The third-order valence-electron chi connectivity index (χ3n) is 3.65. The first-order valence-electron chi connectivity index (χ1n) is 7.06. The highest BCUT2D eigenvalue weighted by atomic mass is 16.6. The molecular formula is C16H24O. The van der Waals surface area contributed by atoms with Crippen molar-refractivity contribution < 1.29 is 4.74 Å². The molecule has 1 fully saturated rings. The van der Waals surface area contributed by atoms with Crippen LogP contribution in [0.4, 0.5) is 0 Å². The summed E-state index contributed by atoms with van der Waals surface area (Å²) in [5.74, 6) is 0. The van der Waals surface area contributed by atoms with Crippen molar-refractivity contribution in [3.05, 3.63) is 35.4 Å². The number of rotatable bonds is 7. The summed E-state index contributed by atoms with van der Waals surface area (Å²) in [5.41, 5.74) is 2.93. The van der Waals surface area contributed by atoms with Gasteiger partial charge in [-0.1, -0.05) is 44.5 Å². The first kappa shape index (κ1) is 12.6. The number of hydrogen-bond donors (Lipinski definition) is 0. The molecule has 0 radical (unpaired) electrons. The van der Waals surface area contributed by atoms with E-state index in [4.69, 9.17) is 4.74 Å². The van der Waals surface area contributed by atoms with Crippen LogP contribution >= 0.6 is 0 Å². The van der Waals surface area contributed by atoms with Crippen molar-refractivity contribution in [1.29, 1.82) is 0 Å². The molecule has 1 heteroatoms. The molecule has 0 saturated carbocycles. The molecule has 1 aromatic carbocycles. The zero-order chi connectivity index (χ0) is 12.1. The maximum absolute atomic E-state index is 5.56. The van der Waals surface area contributed by atoms with E-state index in [0.717, 1.165) is 6.42 Å². The highest BCUT2D eigenvalue weighted by Crippen LogP contribution is 2.29. The zero-order valence-corrected chi connectivity index (χ0v) is 11.1. The van der Waals surface area contributed by atoms with E-state index in [2.05, 4.69) is 38.1 Å². The van der Waals surface area contributed by atoms with Crippen LogP contribution < -0.4 is 0 Å². The molecule has 1 saturated heterocycles. The summed E-state index contributed by atoms with van der Waals surface area (Å²) < 4.78 is 5.56. The summed E-state index contributed by atoms with van der Waals surface area (Å²) in [6.07, 6.45) is 8.41. The van der Waals surface area contributed by atoms with Gasteiger partial charge >= 0.3 is 0 Å². The predicted molar refractivity (Wildman–Crippen MR) is 72.3 cm³/mol. The van der Waals surface area contributed by atoms with Crippen molar-refractivity contribution in [3.63, 3.8) is 0 Å². The molecular weight excluding hydrogens is 208 g/mol. The van der Waals surface area contributed by atoms with Crippen LogP contribution in [0.1, 0.15) is 50.7 Å². The SMILES string of the molecule is CCCCc1ccc(CCC2OC2CC)cc1. The monoisotopic (exact) mass is 232 g/mol. The van der Waals surface area contributed by atoms with Crippen molar-refractivity contribution in [2.75, 3.05) is 0 Å². The Labute approximate surface area is 105 Å². The third-order valence-corrected chi connectivity index (χ3v) is 3.65. The highest BCUT2D eigenvalue weighted by molar-refractivity contribution is 5.23. The lowest BCUT2D eigenvalue weighted by atomic mass is 10.0.